The van der Waals surface area contributed by atoms with Gasteiger partial charge in [-0.15, -0.1) is 10.2 Å². The van der Waals surface area contributed by atoms with Crippen LogP contribution in [0.2, 0.25) is 5.02 Å². The molecular weight excluding hydrogens is 368 g/mol. The maximum atomic E-state index is 11.9. The first-order valence-electron chi connectivity index (χ1n) is 8.18. The molecule has 0 saturated heterocycles. The molecule has 136 valence electrons. The first-order valence-corrected chi connectivity index (χ1v) is 8.56. The number of benzene rings is 2. The van der Waals surface area contributed by atoms with Crippen LogP contribution in [0, 0.1) is 6.92 Å². The number of methoxy groups -OCH3 is 1. The molecule has 0 aliphatic rings. The zero-order valence-corrected chi connectivity index (χ0v) is 15.4. The molecule has 2 aromatic heterocycles. The second-order valence-electron chi connectivity index (χ2n) is 6.06. The summed E-state index contributed by atoms with van der Waals surface area (Å²) in [5.41, 5.74) is 2.37. The maximum Gasteiger partial charge on any atom is 0.336 e. The molecule has 0 bridgehead atoms. The van der Waals surface area contributed by atoms with Crippen molar-refractivity contribution in [2.75, 3.05) is 7.11 Å². The van der Waals surface area contributed by atoms with Crippen molar-refractivity contribution in [3.8, 4) is 17.1 Å². The van der Waals surface area contributed by atoms with E-state index in [-0.39, 0.29) is 6.54 Å². The number of ether oxygens (including phenoxy) is 1. The van der Waals surface area contributed by atoms with Gasteiger partial charge in [-0.05, 0) is 47.5 Å². The predicted molar refractivity (Wildman–Crippen MR) is 101 cm³/mol. The topological polar surface area (TPSA) is 83.0 Å². The molecule has 0 amide bonds. The Labute approximate surface area is 159 Å². The fourth-order valence-electron chi connectivity index (χ4n) is 2.82. The van der Waals surface area contributed by atoms with Crippen molar-refractivity contribution in [2.45, 2.75) is 13.5 Å². The zero-order valence-electron chi connectivity index (χ0n) is 14.6. The lowest BCUT2D eigenvalue weighted by Crippen LogP contribution is -2.08. The Balaban J connectivity index is 1.72. The highest BCUT2D eigenvalue weighted by Gasteiger charge is 2.12. The van der Waals surface area contributed by atoms with Gasteiger partial charge in [-0.1, -0.05) is 23.7 Å². The Morgan fingerprint density at radius 1 is 1.22 bits per heavy atom. The number of halogens is 1. The number of aromatic nitrogens is 4. The van der Waals surface area contributed by atoms with Crippen LogP contribution >= 0.6 is 11.6 Å². The van der Waals surface area contributed by atoms with Crippen molar-refractivity contribution >= 4 is 22.6 Å². The molecule has 4 rings (SSSR count). The van der Waals surface area contributed by atoms with Crippen LogP contribution in [0.4, 0.5) is 0 Å². The molecule has 0 fully saturated rings. The van der Waals surface area contributed by atoms with Crippen LogP contribution < -0.4 is 10.4 Å². The number of rotatable bonds is 4. The van der Waals surface area contributed by atoms with Crippen molar-refractivity contribution in [3.05, 3.63) is 69.0 Å². The highest BCUT2D eigenvalue weighted by Crippen LogP contribution is 2.26. The number of nitrogens with zero attached hydrogens (tertiary/aromatic N) is 4. The van der Waals surface area contributed by atoms with Gasteiger partial charge in [-0.3, -0.25) is 0 Å². The average molecular weight is 383 g/mol. The Hall–Kier alpha value is -3.19. The van der Waals surface area contributed by atoms with E-state index >= 15 is 0 Å². The number of hydrogen-bond acceptors (Lipinski definition) is 6. The summed E-state index contributed by atoms with van der Waals surface area (Å²) >= 11 is 6.23. The van der Waals surface area contributed by atoms with E-state index < -0.39 is 5.63 Å². The van der Waals surface area contributed by atoms with Crippen LogP contribution in [-0.4, -0.2) is 27.3 Å². The minimum absolute atomic E-state index is 0.262. The zero-order chi connectivity index (χ0) is 19.0. The van der Waals surface area contributed by atoms with Crippen molar-refractivity contribution in [3.63, 3.8) is 0 Å². The van der Waals surface area contributed by atoms with Crippen LogP contribution in [0.15, 0.2) is 51.7 Å². The molecule has 0 spiro atoms. The SMILES string of the molecule is COc1cccc(-c2nnn(Cc3cc(=O)oc4cc(C)c(Cl)cc34)n2)c1. The predicted octanol–water partition coefficient (Wildman–Crippen LogP) is 3.47. The average Bonchev–Trinajstić information content (AvgIpc) is 3.12. The van der Waals surface area contributed by atoms with Crippen LogP contribution in [0.25, 0.3) is 22.4 Å². The Morgan fingerprint density at radius 3 is 2.89 bits per heavy atom. The first-order chi connectivity index (χ1) is 13.0. The summed E-state index contributed by atoms with van der Waals surface area (Å²) in [6.07, 6.45) is 0. The molecule has 7 nitrogen and oxygen atoms in total. The molecule has 0 saturated carbocycles. The van der Waals surface area contributed by atoms with E-state index in [0.717, 1.165) is 16.5 Å². The monoisotopic (exact) mass is 382 g/mol. The molecule has 8 heteroatoms. The van der Waals surface area contributed by atoms with Crippen LogP contribution in [0.5, 0.6) is 5.75 Å². The van der Waals surface area contributed by atoms with Gasteiger partial charge in [0.1, 0.15) is 11.3 Å². The number of tetrazole rings is 1. The van der Waals surface area contributed by atoms with E-state index in [1.807, 2.05) is 31.2 Å². The largest absolute Gasteiger partial charge is 0.497 e. The second-order valence-corrected chi connectivity index (χ2v) is 6.47. The standard InChI is InChI=1S/C19H15ClN4O3/c1-11-6-17-15(9-16(11)20)13(8-18(25)27-17)10-24-22-19(21-23-24)12-4-3-5-14(7-12)26-2/h3-9H,10H2,1-2H3. The van der Waals surface area contributed by atoms with Crippen molar-refractivity contribution in [1.29, 1.82) is 0 Å². The van der Waals surface area contributed by atoms with E-state index in [9.17, 15) is 4.79 Å². The van der Waals surface area contributed by atoms with Gasteiger partial charge in [0.15, 0.2) is 0 Å². The van der Waals surface area contributed by atoms with E-state index in [1.165, 1.54) is 10.9 Å². The molecule has 0 aliphatic carbocycles. The summed E-state index contributed by atoms with van der Waals surface area (Å²) in [6, 6.07) is 12.4. The smallest absolute Gasteiger partial charge is 0.336 e. The summed E-state index contributed by atoms with van der Waals surface area (Å²) in [5, 5.41) is 13.9. The summed E-state index contributed by atoms with van der Waals surface area (Å²) in [6.45, 7) is 2.12. The third-order valence-electron chi connectivity index (χ3n) is 4.20. The number of hydrogen-bond donors (Lipinski definition) is 0. The fourth-order valence-corrected chi connectivity index (χ4v) is 2.98. The highest BCUT2D eigenvalue weighted by atomic mass is 35.5. The summed E-state index contributed by atoms with van der Waals surface area (Å²) < 4.78 is 10.5. The van der Waals surface area contributed by atoms with E-state index in [0.29, 0.717) is 27.7 Å². The molecule has 2 heterocycles. The van der Waals surface area contributed by atoms with Crippen molar-refractivity contribution < 1.29 is 9.15 Å². The van der Waals surface area contributed by atoms with Gasteiger partial charge in [0.05, 0.1) is 13.7 Å². The highest BCUT2D eigenvalue weighted by molar-refractivity contribution is 6.32. The van der Waals surface area contributed by atoms with Gasteiger partial charge < -0.3 is 9.15 Å². The van der Waals surface area contributed by atoms with Crippen LogP contribution in [-0.2, 0) is 6.54 Å². The minimum atomic E-state index is -0.438. The molecule has 2 aromatic carbocycles. The number of fused-ring (bicyclic) bond motifs is 1. The van der Waals surface area contributed by atoms with Gasteiger partial charge in [-0.25, -0.2) is 4.79 Å². The molecule has 0 radical (unpaired) electrons. The van der Waals surface area contributed by atoms with Gasteiger partial charge >= 0.3 is 5.63 Å². The molecule has 0 aliphatic heterocycles. The van der Waals surface area contributed by atoms with Gasteiger partial charge in [0, 0.05) is 22.0 Å². The third kappa shape index (κ3) is 3.41. The van der Waals surface area contributed by atoms with E-state index in [4.69, 9.17) is 20.8 Å². The first kappa shape index (κ1) is 17.2. The molecule has 4 aromatic rings. The Bertz CT molecular complexity index is 1200. The minimum Gasteiger partial charge on any atom is -0.497 e. The van der Waals surface area contributed by atoms with Gasteiger partial charge in [-0.2, -0.15) is 4.80 Å². The quantitative estimate of drug-likeness (QED) is 0.502. The second kappa shape index (κ2) is 6.85. The van der Waals surface area contributed by atoms with Crippen LogP contribution in [0.3, 0.4) is 0 Å². The Morgan fingerprint density at radius 2 is 2.07 bits per heavy atom. The lowest BCUT2D eigenvalue weighted by molar-refractivity contribution is 0.415. The maximum absolute atomic E-state index is 11.9. The molecule has 0 atom stereocenters. The lowest BCUT2D eigenvalue weighted by Gasteiger charge is -2.06. The third-order valence-corrected chi connectivity index (χ3v) is 4.61. The van der Waals surface area contributed by atoms with Crippen molar-refractivity contribution in [2.24, 2.45) is 0 Å². The summed E-state index contributed by atoms with van der Waals surface area (Å²) in [5.74, 6) is 1.18. The molecule has 0 unspecified atom stereocenters. The normalized spacial score (nSPS) is 11.1. The fraction of sp³-hybridized carbons (Fsp3) is 0.158. The summed E-state index contributed by atoms with van der Waals surface area (Å²) in [7, 11) is 1.60. The van der Waals surface area contributed by atoms with Gasteiger partial charge in [0.2, 0.25) is 5.82 Å². The Kier molecular flexibility index (Phi) is 4.37. The molecular formula is C19H15ClN4O3. The van der Waals surface area contributed by atoms with Gasteiger partial charge in [0.25, 0.3) is 0 Å². The number of aryl methyl sites for hydroxylation is 1. The van der Waals surface area contributed by atoms with E-state index in [2.05, 4.69) is 15.4 Å². The molecule has 27 heavy (non-hydrogen) atoms. The van der Waals surface area contributed by atoms with Crippen molar-refractivity contribution in [1.82, 2.24) is 20.2 Å². The van der Waals surface area contributed by atoms with E-state index in [1.54, 1.807) is 19.2 Å². The molecule has 0 N–H and O–H groups in total. The summed E-state index contributed by atoms with van der Waals surface area (Å²) in [4.78, 5) is 13.3. The lowest BCUT2D eigenvalue weighted by atomic mass is 10.1. The van der Waals surface area contributed by atoms with Crippen LogP contribution in [0.1, 0.15) is 11.1 Å².